The minimum atomic E-state index is -0.885. The van der Waals surface area contributed by atoms with Gasteiger partial charge in [0.1, 0.15) is 17.0 Å². The van der Waals surface area contributed by atoms with Gasteiger partial charge in [-0.2, -0.15) is 0 Å². The number of amides is 1. The Bertz CT molecular complexity index is 800. The highest BCUT2D eigenvalue weighted by molar-refractivity contribution is 8.00. The molecule has 0 N–H and O–H groups in total. The maximum atomic E-state index is 14.0. The van der Waals surface area contributed by atoms with Crippen molar-refractivity contribution in [3.05, 3.63) is 69.8 Å². The molecule has 1 atom stereocenters. The highest BCUT2D eigenvalue weighted by Crippen LogP contribution is 2.45. The van der Waals surface area contributed by atoms with Gasteiger partial charge < -0.3 is 0 Å². The van der Waals surface area contributed by atoms with Gasteiger partial charge >= 0.3 is 0 Å². The first-order valence-electron chi connectivity index (χ1n) is 6.61. The summed E-state index contributed by atoms with van der Waals surface area (Å²) < 4.78 is 27.1. The predicted octanol–water partition coefficient (Wildman–Crippen LogP) is 3.65. The number of nitrogens with zero attached hydrogens (tertiary/aromatic N) is 2. The molecule has 1 aliphatic heterocycles. The monoisotopic (exact) mass is 336 g/mol. The van der Waals surface area contributed by atoms with Gasteiger partial charge in [-0.1, -0.05) is 12.1 Å². The van der Waals surface area contributed by atoms with Gasteiger partial charge in [-0.3, -0.25) is 19.8 Å². The van der Waals surface area contributed by atoms with Crippen molar-refractivity contribution in [1.82, 2.24) is 0 Å². The lowest BCUT2D eigenvalue weighted by Gasteiger charge is -2.24. The minimum absolute atomic E-state index is 0.0630. The maximum Gasteiger partial charge on any atom is 0.275 e. The lowest BCUT2D eigenvalue weighted by Crippen LogP contribution is -2.29. The van der Waals surface area contributed by atoms with Gasteiger partial charge in [-0.05, 0) is 18.2 Å². The van der Waals surface area contributed by atoms with Gasteiger partial charge in [0.05, 0.1) is 21.9 Å². The van der Waals surface area contributed by atoms with Crippen LogP contribution in [-0.4, -0.2) is 16.6 Å². The second-order valence-electron chi connectivity index (χ2n) is 4.84. The Balaban J connectivity index is 2.09. The number of halogens is 2. The molecule has 0 saturated carbocycles. The third-order valence-corrected chi connectivity index (χ3v) is 4.63. The molecule has 0 aliphatic carbocycles. The van der Waals surface area contributed by atoms with Gasteiger partial charge in [0, 0.05) is 12.1 Å². The van der Waals surface area contributed by atoms with E-state index in [2.05, 4.69) is 0 Å². The van der Waals surface area contributed by atoms with Crippen molar-refractivity contribution >= 4 is 29.0 Å². The van der Waals surface area contributed by atoms with Crippen molar-refractivity contribution in [2.75, 3.05) is 10.7 Å². The molecule has 1 heterocycles. The smallest absolute Gasteiger partial charge is 0.275 e. The summed E-state index contributed by atoms with van der Waals surface area (Å²) in [5.41, 5.74) is 0.0637. The number of nitro groups is 1. The molecule has 3 rings (SSSR count). The number of carbonyl (C=O) groups excluding carboxylic acids is 1. The molecule has 1 saturated heterocycles. The lowest BCUT2D eigenvalue weighted by atomic mass is 10.1. The summed E-state index contributed by atoms with van der Waals surface area (Å²) in [7, 11) is 0. The predicted molar refractivity (Wildman–Crippen MR) is 82.1 cm³/mol. The Morgan fingerprint density at radius 2 is 1.96 bits per heavy atom. The molecule has 0 aromatic heterocycles. The normalized spacial score (nSPS) is 17.6. The van der Waals surface area contributed by atoms with E-state index in [1.807, 2.05) is 0 Å². The van der Waals surface area contributed by atoms with Crippen LogP contribution < -0.4 is 4.90 Å². The summed E-state index contributed by atoms with van der Waals surface area (Å²) in [6, 6.07) is 8.89. The van der Waals surface area contributed by atoms with Crippen molar-refractivity contribution in [2.24, 2.45) is 0 Å². The molecular formula is C15H10F2N2O3S. The van der Waals surface area contributed by atoms with Gasteiger partial charge in [0.2, 0.25) is 5.91 Å². The van der Waals surface area contributed by atoms with Crippen LogP contribution >= 0.6 is 11.8 Å². The van der Waals surface area contributed by atoms with E-state index in [0.29, 0.717) is 11.6 Å². The van der Waals surface area contributed by atoms with E-state index in [0.717, 1.165) is 28.8 Å². The average Bonchev–Trinajstić information content (AvgIpc) is 2.89. The minimum Gasteiger partial charge on any atom is -0.292 e. The summed E-state index contributed by atoms with van der Waals surface area (Å²) in [5, 5.41) is 10.5. The Labute approximate surface area is 134 Å². The Morgan fingerprint density at radius 1 is 1.22 bits per heavy atom. The molecule has 23 heavy (non-hydrogen) atoms. The summed E-state index contributed by atoms with van der Waals surface area (Å²) in [5.74, 6) is -1.96. The fraction of sp³-hybridized carbons (Fsp3) is 0.133. The fourth-order valence-corrected chi connectivity index (χ4v) is 3.65. The van der Waals surface area contributed by atoms with Crippen LogP contribution in [0.25, 0.3) is 0 Å². The third kappa shape index (κ3) is 2.77. The Hall–Kier alpha value is -2.48. The van der Waals surface area contributed by atoms with E-state index in [1.54, 1.807) is 6.07 Å². The SMILES string of the molecule is O=C1CS[C@H](c2ccccc2[N+](=O)[O-])N1c1ccc(F)cc1F. The number of carbonyl (C=O) groups is 1. The standard InChI is InChI=1S/C15H10F2N2O3S/c16-9-5-6-13(11(17)7-9)18-14(20)8-23-15(18)10-3-1-2-4-12(10)19(21)22/h1-7,15H,8H2/t15-/m1/s1. The van der Waals surface area contributed by atoms with Crippen molar-refractivity contribution in [3.8, 4) is 0 Å². The maximum absolute atomic E-state index is 14.0. The molecule has 2 aromatic rings. The molecule has 0 unspecified atom stereocenters. The van der Waals surface area contributed by atoms with Crippen molar-refractivity contribution in [1.29, 1.82) is 0 Å². The van der Waals surface area contributed by atoms with E-state index < -0.39 is 21.9 Å². The molecule has 1 aliphatic rings. The summed E-state index contributed by atoms with van der Waals surface area (Å²) in [6.45, 7) is 0. The van der Waals surface area contributed by atoms with E-state index >= 15 is 0 Å². The van der Waals surface area contributed by atoms with Crippen LogP contribution in [-0.2, 0) is 4.79 Å². The first kappa shape index (κ1) is 15.4. The molecule has 118 valence electrons. The van der Waals surface area contributed by atoms with Gasteiger partial charge in [-0.15, -0.1) is 11.8 Å². The van der Waals surface area contributed by atoms with Crippen LogP contribution in [0.2, 0.25) is 0 Å². The van der Waals surface area contributed by atoms with Crippen LogP contribution in [0.3, 0.4) is 0 Å². The first-order valence-corrected chi connectivity index (χ1v) is 7.66. The van der Waals surface area contributed by atoms with Crippen molar-refractivity contribution in [2.45, 2.75) is 5.37 Å². The van der Waals surface area contributed by atoms with Crippen LogP contribution in [0.15, 0.2) is 42.5 Å². The van der Waals surface area contributed by atoms with Crippen molar-refractivity contribution < 1.29 is 18.5 Å². The molecule has 5 nitrogen and oxygen atoms in total. The molecule has 0 spiro atoms. The zero-order valence-electron chi connectivity index (χ0n) is 11.6. The second-order valence-corrected chi connectivity index (χ2v) is 5.91. The van der Waals surface area contributed by atoms with E-state index in [4.69, 9.17) is 0 Å². The molecule has 2 aromatic carbocycles. The number of anilines is 1. The fourth-order valence-electron chi connectivity index (χ4n) is 2.45. The van der Waals surface area contributed by atoms with Gasteiger partial charge in [0.25, 0.3) is 5.69 Å². The summed E-state index contributed by atoms with van der Waals surface area (Å²) in [4.78, 5) is 23.9. The lowest BCUT2D eigenvalue weighted by molar-refractivity contribution is -0.385. The molecule has 0 bridgehead atoms. The van der Waals surface area contributed by atoms with Crippen molar-refractivity contribution in [3.63, 3.8) is 0 Å². The number of rotatable bonds is 3. The average molecular weight is 336 g/mol. The molecule has 1 fully saturated rings. The Kier molecular flexibility index (Phi) is 3.99. The highest BCUT2D eigenvalue weighted by atomic mass is 32.2. The largest absolute Gasteiger partial charge is 0.292 e. The second kappa shape index (κ2) is 5.96. The number of nitro benzene ring substituents is 1. The number of benzene rings is 2. The summed E-state index contributed by atoms with van der Waals surface area (Å²) >= 11 is 1.16. The number of hydrogen-bond acceptors (Lipinski definition) is 4. The molecule has 8 heteroatoms. The number of hydrogen-bond donors (Lipinski definition) is 0. The molecular weight excluding hydrogens is 326 g/mol. The van der Waals surface area contributed by atoms with Gasteiger partial charge in [0.15, 0.2) is 0 Å². The van der Waals surface area contributed by atoms with Crippen LogP contribution in [0, 0.1) is 21.7 Å². The van der Waals surface area contributed by atoms with E-state index in [1.165, 1.54) is 18.2 Å². The van der Waals surface area contributed by atoms with Gasteiger partial charge in [-0.25, -0.2) is 8.78 Å². The van der Waals surface area contributed by atoms with E-state index in [9.17, 15) is 23.7 Å². The molecule has 0 radical (unpaired) electrons. The Morgan fingerprint density at radius 3 is 2.65 bits per heavy atom. The van der Waals surface area contributed by atoms with Crippen LogP contribution in [0.5, 0.6) is 0 Å². The zero-order valence-corrected chi connectivity index (χ0v) is 12.4. The molecule has 1 amide bonds. The highest BCUT2D eigenvalue weighted by Gasteiger charge is 2.38. The quantitative estimate of drug-likeness (QED) is 0.634. The van der Waals surface area contributed by atoms with Crippen LogP contribution in [0.1, 0.15) is 10.9 Å². The van der Waals surface area contributed by atoms with Crippen LogP contribution in [0.4, 0.5) is 20.2 Å². The first-order chi connectivity index (χ1) is 11.0. The number of thioether (sulfide) groups is 1. The topological polar surface area (TPSA) is 63.4 Å². The number of para-hydroxylation sites is 1. The zero-order chi connectivity index (χ0) is 16.6. The summed E-state index contributed by atoms with van der Waals surface area (Å²) in [6.07, 6.45) is 0. The third-order valence-electron chi connectivity index (χ3n) is 3.44. The van der Waals surface area contributed by atoms with E-state index in [-0.39, 0.29) is 23.0 Å².